The second kappa shape index (κ2) is 5.52. The van der Waals surface area contributed by atoms with Crippen molar-refractivity contribution in [3.05, 3.63) is 11.9 Å². The highest BCUT2D eigenvalue weighted by Crippen LogP contribution is 2.28. The molecule has 1 saturated carbocycles. The maximum Gasteiger partial charge on any atom is 0.134 e. The second-order valence-electron chi connectivity index (χ2n) is 5.08. The zero-order valence-corrected chi connectivity index (χ0v) is 10.9. The van der Waals surface area contributed by atoms with Crippen LogP contribution in [0, 0.1) is 0 Å². The van der Waals surface area contributed by atoms with Gasteiger partial charge in [-0.3, -0.25) is 0 Å². The summed E-state index contributed by atoms with van der Waals surface area (Å²) in [6, 6.07) is 0. The Labute approximate surface area is 108 Å². The van der Waals surface area contributed by atoms with Crippen LogP contribution in [-0.4, -0.2) is 27.2 Å². The van der Waals surface area contributed by atoms with E-state index in [0.29, 0.717) is 12.4 Å². The van der Waals surface area contributed by atoms with Gasteiger partial charge >= 0.3 is 0 Å². The maximum atomic E-state index is 10.4. The van der Waals surface area contributed by atoms with Crippen LogP contribution in [0.5, 0.6) is 0 Å². The molecule has 18 heavy (non-hydrogen) atoms. The zero-order valence-electron chi connectivity index (χ0n) is 10.9. The Morgan fingerprint density at radius 1 is 1.33 bits per heavy atom. The van der Waals surface area contributed by atoms with E-state index in [2.05, 4.69) is 15.3 Å². The molecule has 5 nitrogen and oxygen atoms in total. The van der Waals surface area contributed by atoms with E-state index in [1.54, 1.807) is 0 Å². The molecule has 0 unspecified atom stereocenters. The molecule has 0 spiro atoms. The molecular weight excluding hydrogens is 228 g/mol. The number of anilines is 2. The van der Waals surface area contributed by atoms with Crippen LogP contribution in [-0.2, 0) is 6.42 Å². The smallest absolute Gasteiger partial charge is 0.134 e. The molecule has 1 aliphatic carbocycles. The van der Waals surface area contributed by atoms with E-state index in [1.807, 2.05) is 6.92 Å². The molecule has 100 valence electrons. The predicted molar refractivity (Wildman–Crippen MR) is 72.3 cm³/mol. The van der Waals surface area contributed by atoms with Gasteiger partial charge in [0, 0.05) is 12.1 Å². The Morgan fingerprint density at radius 3 is 2.72 bits per heavy atom. The highest BCUT2D eigenvalue weighted by molar-refractivity contribution is 5.54. The normalized spacial score (nSPS) is 18.6. The average molecular weight is 250 g/mol. The summed E-state index contributed by atoms with van der Waals surface area (Å²) >= 11 is 0. The van der Waals surface area contributed by atoms with Crippen LogP contribution in [0.2, 0.25) is 0 Å². The largest absolute Gasteiger partial charge is 0.388 e. The van der Waals surface area contributed by atoms with Gasteiger partial charge in [-0.15, -0.1) is 0 Å². The lowest BCUT2D eigenvalue weighted by Gasteiger charge is -2.32. The van der Waals surface area contributed by atoms with Crippen molar-refractivity contribution in [2.45, 2.75) is 51.0 Å². The number of nitrogens with two attached hydrogens (primary N) is 1. The van der Waals surface area contributed by atoms with E-state index in [1.165, 1.54) is 12.7 Å². The highest BCUT2D eigenvalue weighted by Gasteiger charge is 2.29. The summed E-state index contributed by atoms with van der Waals surface area (Å²) < 4.78 is 0. The van der Waals surface area contributed by atoms with E-state index >= 15 is 0 Å². The number of hydrogen-bond donors (Lipinski definition) is 3. The molecular formula is C13H22N4O. The summed E-state index contributed by atoms with van der Waals surface area (Å²) in [5, 5.41) is 13.7. The van der Waals surface area contributed by atoms with Crippen LogP contribution < -0.4 is 11.1 Å². The van der Waals surface area contributed by atoms with Gasteiger partial charge in [-0.2, -0.15) is 0 Å². The van der Waals surface area contributed by atoms with E-state index in [-0.39, 0.29) is 0 Å². The van der Waals surface area contributed by atoms with Crippen molar-refractivity contribution < 1.29 is 5.11 Å². The lowest BCUT2D eigenvalue weighted by atomic mass is 9.85. The summed E-state index contributed by atoms with van der Waals surface area (Å²) in [6.07, 6.45) is 7.40. The van der Waals surface area contributed by atoms with Gasteiger partial charge in [0.2, 0.25) is 0 Å². The van der Waals surface area contributed by atoms with Gasteiger partial charge in [0.05, 0.1) is 5.60 Å². The quantitative estimate of drug-likeness (QED) is 0.758. The third-order valence-corrected chi connectivity index (χ3v) is 3.70. The Kier molecular flexibility index (Phi) is 4.01. The Morgan fingerprint density at radius 2 is 2.06 bits per heavy atom. The van der Waals surface area contributed by atoms with Gasteiger partial charge in [-0.1, -0.05) is 26.2 Å². The molecule has 0 amide bonds. The number of aromatic nitrogens is 2. The van der Waals surface area contributed by atoms with Crippen molar-refractivity contribution in [2.24, 2.45) is 0 Å². The van der Waals surface area contributed by atoms with Crippen LogP contribution in [0.25, 0.3) is 0 Å². The lowest BCUT2D eigenvalue weighted by molar-refractivity contribution is 0.0166. The molecule has 1 aromatic heterocycles. The molecule has 0 atom stereocenters. The van der Waals surface area contributed by atoms with Gasteiger partial charge in [-0.25, -0.2) is 9.97 Å². The molecule has 5 heteroatoms. The summed E-state index contributed by atoms with van der Waals surface area (Å²) in [7, 11) is 0. The third-order valence-electron chi connectivity index (χ3n) is 3.70. The van der Waals surface area contributed by atoms with Crippen LogP contribution in [0.15, 0.2) is 6.33 Å². The van der Waals surface area contributed by atoms with Crippen LogP contribution >= 0.6 is 0 Å². The standard InChI is InChI=1S/C13H22N4O/c1-2-10-11(14)16-9-17-12(10)15-8-13(18)6-4-3-5-7-13/h9,18H,2-8H2,1H3,(H3,14,15,16,17). The van der Waals surface area contributed by atoms with Gasteiger partial charge in [0.1, 0.15) is 18.0 Å². The van der Waals surface area contributed by atoms with Crippen molar-refractivity contribution in [1.82, 2.24) is 9.97 Å². The highest BCUT2D eigenvalue weighted by atomic mass is 16.3. The molecule has 2 rings (SSSR count). The first-order valence-corrected chi connectivity index (χ1v) is 6.70. The van der Waals surface area contributed by atoms with E-state index in [9.17, 15) is 5.11 Å². The maximum absolute atomic E-state index is 10.4. The fourth-order valence-corrected chi connectivity index (χ4v) is 2.56. The number of nitrogen functional groups attached to an aromatic ring is 1. The molecule has 4 N–H and O–H groups in total. The number of hydrogen-bond acceptors (Lipinski definition) is 5. The first-order valence-electron chi connectivity index (χ1n) is 6.70. The fourth-order valence-electron chi connectivity index (χ4n) is 2.56. The van der Waals surface area contributed by atoms with Gasteiger partial charge in [0.15, 0.2) is 0 Å². The molecule has 0 radical (unpaired) electrons. The van der Waals surface area contributed by atoms with Gasteiger partial charge in [-0.05, 0) is 19.3 Å². The minimum Gasteiger partial charge on any atom is -0.388 e. The molecule has 1 aliphatic rings. The summed E-state index contributed by atoms with van der Waals surface area (Å²) in [5.74, 6) is 1.27. The van der Waals surface area contributed by atoms with E-state index < -0.39 is 5.60 Å². The summed E-state index contributed by atoms with van der Waals surface area (Å²) in [6.45, 7) is 2.56. The first kappa shape index (κ1) is 13.1. The van der Waals surface area contributed by atoms with Crippen molar-refractivity contribution in [3.8, 4) is 0 Å². The summed E-state index contributed by atoms with van der Waals surface area (Å²) in [5.41, 5.74) is 6.15. The molecule has 1 fully saturated rings. The third kappa shape index (κ3) is 2.90. The topological polar surface area (TPSA) is 84.1 Å². The van der Waals surface area contributed by atoms with Gasteiger partial charge in [0.25, 0.3) is 0 Å². The molecule has 0 aromatic carbocycles. The number of nitrogens with zero attached hydrogens (tertiary/aromatic N) is 2. The van der Waals surface area contributed by atoms with Gasteiger partial charge < -0.3 is 16.2 Å². The van der Waals surface area contributed by atoms with Crippen molar-refractivity contribution in [1.29, 1.82) is 0 Å². The monoisotopic (exact) mass is 250 g/mol. The number of aliphatic hydroxyl groups is 1. The lowest BCUT2D eigenvalue weighted by Crippen LogP contribution is -2.39. The Bertz CT molecular complexity index is 402. The van der Waals surface area contributed by atoms with E-state index in [4.69, 9.17) is 5.73 Å². The second-order valence-corrected chi connectivity index (χ2v) is 5.08. The van der Waals surface area contributed by atoms with Crippen LogP contribution in [0.1, 0.15) is 44.6 Å². The average Bonchev–Trinajstić information content (AvgIpc) is 2.37. The number of nitrogens with one attached hydrogen (secondary N) is 1. The van der Waals surface area contributed by atoms with Crippen LogP contribution in [0.3, 0.4) is 0 Å². The summed E-state index contributed by atoms with van der Waals surface area (Å²) in [4.78, 5) is 8.20. The first-order chi connectivity index (χ1) is 8.64. The fraction of sp³-hybridized carbons (Fsp3) is 0.692. The van der Waals surface area contributed by atoms with Crippen molar-refractivity contribution in [2.75, 3.05) is 17.6 Å². The number of rotatable bonds is 4. The minimum atomic E-state index is -0.594. The Balaban J connectivity index is 2.03. The molecule has 0 aliphatic heterocycles. The molecule has 0 saturated heterocycles. The van der Waals surface area contributed by atoms with Crippen LogP contribution in [0.4, 0.5) is 11.6 Å². The Hall–Kier alpha value is -1.36. The molecule has 1 heterocycles. The molecule has 0 bridgehead atoms. The van der Waals surface area contributed by atoms with Crippen molar-refractivity contribution in [3.63, 3.8) is 0 Å². The predicted octanol–water partition coefficient (Wildman–Crippen LogP) is 1.73. The zero-order chi connectivity index (χ0) is 13.0. The van der Waals surface area contributed by atoms with Crippen molar-refractivity contribution >= 4 is 11.6 Å². The SMILES string of the molecule is CCc1c(N)ncnc1NCC1(O)CCCCC1. The molecule has 1 aromatic rings. The van der Waals surface area contributed by atoms with E-state index in [0.717, 1.165) is 43.5 Å². The minimum absolute atomic E-state index is 0.519.